The minimum Gasteiger partial charge on any atom is -0.369 e. The van der Waals surface area contributed by atoms with Crippen LogP contribution in [0, 0.1) is 30.6 Å². The summed E-state index contributed by atoms with van der Waals surface area (Å²) < 4.78 is 0. The monoisotopic (exact) mass is 283 g/mol. The van der Waals surface area contributed by atoms with Crippen molar-refractivity contribution in [1.82, 2.24) is 4.90 Å². The molecule has 2 heterocycles. The van der Waals surface area contributed by atoms with E-state index in [1.165, 1.54) is 10.5 Å². The summed E-state index contributed by atoms with van der Waals surface area (Å²) in [7, 11) is 0. The van der Waals surface area contributed by atoms with Gasteiger partial charge in [-0.15, -0.1) is 0 Å². The van der Waals surface area contributed by atoms with E-state index in [0.29, 0.717) is 12.3 Å². The fraction of sp³-hybridized carbons (Fsp3) is 0.375. The number of hydrogen-bond acceptors (Lipinski definition) is 3. The Morgan fingerprint density at radius 1 is 1.48 bits per heavy atom. The van der Waals surface area contributed by atoms with E-state index < -0.39 is 12.3 Å². The van der Waals surface area contributed by atoms with Crippen molar-refractivity contribution in [2.75, 3.05) is 6.54 Å². The van der Waals surface area contributed by atoms with Crippen LogP contribution >= 0.6 is 0 Å². The average Bonchev–Trinajstić information content (AvgIpc) is 2.98. The molecule has 2 aliphatic rings. The highest BCUT2D eigenvalue weighted by atomic mass is 16.7. The zero-order valence-corrected chi connectivity index (χ0v) is 12.0. The number of amides is 2. The lowest BCUT2D eigenvalue weighted by atomic mass is 9.92. The number of nitrogens with two attached hydrogens (primary N) is 1. The summed E-state index contributed by atoms with van der Waals surface area (Å²) in [5.74, 6) is 6.43. The molecule has 1 fully saturated rings. The summed E-state index contributed by atoms with van der Waals surface area (Å²) in [6.45, 7) is 4.66. The predicted molar refractivity (Wildman–Crippen MR) is 79.3 cm³/mol. The Balaban J connectivity index is 1.81. The van der Waals surface area contributed by atoms with Crippen LogP contribution in [0.15, 0.2) is 29.4 Å². The van der Waals surface area contributed by atoms with Crippen LogP contribution in [-0.2, 0) is 4.84 Å². The van der Waals surface area contributed by atoms with E-state index in [0.717, 1.165) is 5.56 Å². The van der Waals surface area contributed by atoms with Crippen LogP contribution in [0.25, 0.3) is 0 Å². The maximum Gasteiger partial charge on any atom is 0.317 e. The number of hydrogen-bond donors (Lipinski definition) is 1. The van der Waals surface area contributed by atoms with Crippen LogP contribution in [0.2, 0.25) is 0 Å². The number of benzene rings is 1. The van der Waals surface area contributed by atoms with Gasteiger partial charge in [-0.05, 0) is 36.5 Å². The van der Waals surface area contributed by atoms with Gasteiger partial charge in [-0.25, -0.2) is 4.79 Å². The number of primary amides is 1. The number of carbonyl (C=O) groups is 1. The summed E-state index contributed by atoms with van der Waals surface area (Å²) in [4.78, 5) is 18.3. The van der Waals surface area contributed by atoms with Gasteiger partial charge < -0.3 is 10.6 Å². The van der Waals surface area contributed by atoms with Gasteiger partial charge in [0.1, 0.15) is 5.71 Å². The van der Waals surface area contributed by atoms with Gasteiger partial charge in [0.05, 0.1) is 5.92 Å². The molecule has 3 atom stereocenters. The van der Waals surface area contributed by atoms with E-state index in [1.807, 2.05) is 31.2 Å². The molecule has 0 spiro atoms. The molecule has 0 aliphatic carbocycles. The van der Waals surface area contributed by atoms with Crippen molar-refractivity contribution in [2.24, 2.45) is 22.7 Å². The number of carbonyl (C=O) groups excluding carboxylic acids is 1. The Morgan fingerprint density at radius 3 is 3.00 bits per heavy atom. The minimum atomic E-state index is -0.475. The first-order chi connectivity index (χ1) is 10.1. The van der Waals surface area contributed by atoms with Crippen molar-refractivity contribution in [1.29, 1.82) is 0 Å². The van der Waals surface area contributed by atoms with Gasteiger partial charge in [-0.1, -0.05) is 30.1 Å². The summed E-state index contributed by atoms with van der Waals surface area (Å²) in [5.41, 5.74) is 8.16. The first kappa shape index (κ1) is 13.5. The Bertz CT molecular complexity index is 672. The molecule has 2 amide bonds. The van der Waals surface area contributed by atoms with Crippen molar-refractivity contribution in [3.63, 3.8) is 0 Å². The number of likely N-dealkylation sites (tertiary alicyclic amines) is 1. The maximum absolute atomic E-state index is 11.4. The molecule has 0 saturated carbocycles. The zero-order chi connectivity index (χ0) is 15.0. The van der Waals surface area contributed by atoms with Crippen molar-refractivity contribution in [3.8, 4) is 11.8 Å². The van der Waals surface area contributed by atoms with Crippen molar-refractivity contribution >= 4 is 11.7 Å². The minimum absolute atomic E-state index is 0.00908. The highest BCUT2D eigenvalue weighted by Crippen LogP contribution is 2.35. The number of aryl methyl sites for hydroxylation is 1. The molecule has 5 heteroatoms. The predicted octanol–water partition coefficient (Wildman–Crippen LogP) is 1.71. The second kappa shape index (κ2) is 5.13. The highest BCUT2D eigenvalue weighted by Gasteiger charge is 2.49. The third-order valence-electron chi connectivity index (χ3n) is 3.92. The largest absolute Gasteiger partial charge is 0.369 e. The lowest BCUT2D eigenvalue weighted by Gasteiger charge is -2.18. The molecule has 1 aromatic carbocycles. The van der Waals surface area contributed by atoms with E-state index in [9.17, 15) is 4.79 Å². The van der Waals surface area contributed by atoms with Crippen molar-refractivity contribution < 1.29 is 9.63 Å². The molecule has 2 aliphatic heterocycles. The maximum atomic E-state index is 11.4. The smallest absolute Gasteiger partial charge is 0.317 e. The van der Waals surface area contributed by atoms with E-state index in [1.54, 1.807) is 0 Å². The van der Waals surface area contributed by atoms with Gasteiger partial charge in [0.2, 0.25) is 6.23 Å². The van der Waals surface area contributed by atoms with Crippen molar-refractivity contribution in [2.45, 2.75) is 20.1 Å². The number of nitrogens with zero attached hydrogens (tertiary/aromatic N) is 2. The number of rotatable bonds is 0. The highest BCUT2D eigenvalue weighted by molar-refractivity contribution is 6.04. The Morgan fingerprint density at radius 2 is 2.29 bits per heavy atom. The Labute approximate surface area is 123 Å². The molecule has 2 N–H and O–H groups in total. The summed E-state index contributed by atoms with van der Waals surface area (Å²) >= 11 is 0. The zero-order valence-electron chi connectivity index (χ0n) is 12.0. The van der Waals surface area contributed by atoms with Gasteiger partial charge in [-0.3, -0.25) is 4.90 Å². The lowest BCUT2D eigenvalue weighted by Crippen LogP contribution is -2.41. The molecule has 1 saturated heterocycles. The quantitative estimate of drug-likeness (QED) is 0.736. The molecule has 0 bridgehead atoms. The summed E-state index contributed by atoms with van der Waals surface area (Å²) in [6.07, 6.45) is -0.403. The molecule has 0 radical (unpaired) electrons. The molecule has 1 aromatic rings. The number of fused-ring (bicyclic) bond motifs is 1. The third kappa shape index (κ3) is 2.45. The first-order valence-electron chi connectivity index (χ1n) is 6.95. The molecule has 0 aromatic heterocycles. The van der Waals surface area contributed by atoms with Crippen molar-refractivity contribution in [3.05, 3.63) is 35.4 Å². The molecule has 3 unspecified atom stereocenters. The van der Waals surface area contributed by atoms with Crippen LogP contribution in [0.5, 0.6) is 0 Å². The molecular formula is C16H17N3O2. The fourth-order valence-electron chi connectivity index (χ4n) is 2.88. The van der Waals surface area contributed by atoms with Crippen LogP contribution < -0.4 is 5.73 Å². The molecule has 21 heavy (non-hydrogen) atoms. The molecular weight excluding hydrogens is 266 g/mol. The van der Waals surface area contributed by atoms with Gasteiger partial charge >= 0.3 is 6.03 Å². The normalized spacial score (nSPS) is 26.5. The Hall–Kier alpha value is -2.48. The van der Waals surface area contributed by atoms with Crippen LogP contribution in [-0.4, -0.2) is 29.4 Å². The fourth-order valence-corrected chi connectivity index (χ4v) is 2.88. The van der Waals surface area contributed by atoms with Gasteiger partial charge in [0.15, 0.2) is 0 Å². The van der Waals surface area contributed by atoms with Gasteiger partial charge in [0.25, 0.3) is 0 Å². The number of oxime groups is 1. The second-order valence-electron chi connectivity index (χ2n) is 5.59. The first-order valence-corrected chi connectivity index (χ1v) is 6.95. The van der Waals surface area contributed by atoms with E-state index in [2.05, 4.69) is 23.9 Å². The standard InChI is InChI=1S/C16H17N3O2/c1-10-4-3-5-12(8-10)6-7-13-14-11(2)9-19(16(17)20)15(14)21-18-13/h3-5,8,11,14-15H,9H2,1-2H3,(H2,17,20). The SMILES string of the molecule is Cc1cccc(C#CC2=NOC3C2C(C)CN3C(N)=O)c1. The van der Waals surface area contributed by atoms with Crippen LogP contribution in [0.1, 0.15) is 18.1 Å². The number of urea groups is 1. The summed E-state index contributed by atoms with van der Waals surface area (Å²) in [5, 5.41) is 4.03. The molecule has 3 rings (SSSR count). The van der Waals surface area contributed by atoms with E-state index in [-0.39, 0.29) is 11.8 Å². The molecule has 5 nitrogen and oxygen atoms in total. The van der Waals surface area contributed by atoms with Gasteiger partial charge in [-0.2, -0.15) is 0 Å². The second-order valence-corrected chi connectivity index (χ2v) is 5.59. The van der Waals surface area contributed by atoms with Gasteiger partial charge in [0, 0.05) is 12.1 Å². The molecule has 108 valence electrons. The lowest BCUT2D eigenvalue weighted by molar-refractivity contribution is -0.00495. The third-order valence-corrected chi connectivity index (χ3v) is 3.92. The van der Waals surface area contributed by atoms with E-state index in [4.69, 9.17) is 10.6 Å². The summed E-state index contributed by atoms with van der Waals surface area (Å²) in [6, 6.07) is 7.51. The average molecular weight is 283 g/mol. The topological polar surface area (TPSA) is 67.9 Å². The Kier molecular flexibility index (Phi) is 3.30. The van der Waals surface area contributed by atoms with Crippen LogP contribution in [0.4, 0.5) is 4.79 Å². The van der Waals surface area contributed by atoms with Crippen LogP contribution in [0.3, 0.4) is 0 Å². The van der Waals surface area contributed by atoms with E-state index >= 15 is 0 Å².